The summed E-state index contributed by atoms with van der Waals surface area (Å²) in [6, 6.07) is 7.54. The molecule has 1 N–H and O–H groups in total. The largest absolute Gasteiger partial charge is 0.452 e. The highest BCUT2D eigenvalue weighted by Gasteiger charge is 2.37. The zero-order chi connectivity index (χ0) is 18.4. The van der Waals surface area contributed by atoms with Gasteiger partial charge in [-0.15, -0.1) is 0 Å². The van der Waals surface area contributed by atoms with Gasteiger partial charge in [0.2, 0.25) is 5.91 Å². The van der Waals surface area contributed by atoms with E-state index >= 15 is 0 Å². The van der Waals surface area contributed by atoms with Crippen molar-refractivity contribution in [3.63, 3.8) is 0 Å². The van der Waals surface area contributed by atoms with Crippen LogP contribution in [0.4, 0.5) is 5.69 Å². The van der Waals surface area contributed by atoms with Gasteiger partial charge in [0.05, 0.1) is 12.5 Å². The molecule has 2 atom stereocenters. The van der Waals surface area contributed by atoms with Crippen molar-refractivity contribution in [3.05, 3.63) is 29.8 Å². The summed E-state index contributed by atoms with van der Waals surface area (Å²) in [5.74, 6) is -1.60. The van der Waals surface area contributed by atoms with Gasteiger partial charge >= 0.3 is 5.97 Å². The van der Waals surface area contributed by atoms with Gasteiger partial charge in [-0.2, -0.15) is 0 Å². The van der Waals surface area contributed by atoms with E-state index in [0.717, 1.165) is 11.3 Å². The Morgan fingerprint density at radius 2 is 2.00 bits per heavy atom. The van der Waals surface area contributed by atoms with E-state index in [1.807, 2.05) is 31.2 Å². The van der Waals surface area contributed by atoms with E-state index < -0.39 is 18.0 Å². The van der Waals surface area contributed by atoms with Gasteiger partial charge in [0.1, 0.15) is 0 Å². The zero-order valence-corrected chi connectivity index (χ0v) is 14.8. The van der Waals surface area contributed by atoms with E-state index in [2.05, 4.69) is 5.32 Å². The molecular formula is C18H24N2O5. The molecule has 1 aliphatic rings. The van der Waals surface area contributed by atoms with E-state index in [9.17, 15) is 14.4 Å². The fourth-order valence-corrected chi connectivity index (χ4v) is 2.58. The minimum Gasteiger partial charge on any atom is -0.452 e. The van der Waals surface area contributed by atoms with Gasteiger partial charge in [0.15, 0.2) is 6.10 Å². The Balaban J connectivity index is 1.89. The fraction of sp³-hybridized carbons (Fsp3) is 0.500. The summed E-state index contributed by atoms with van der Waals surface area (Å²) in [6.45, 7) is 4.47. The van der Waals surface area contributed by atoms with Crippen molar-refractivity contribution in [1.82, 2.24) is 5.32 Å². The van der Waals surface area contributed by atoms with Crippen LogP contribution in [0.3, 0.4) is 0 Å². The molecule has 2 rings (SSSR count). The molecule has 1 fully saturated rings. The number of carbonyl (C=O) groups excluding carboxylic acids is 3. The van der Waals surface area contributed by atoms with Gasteiger partial charge < -0.3 is 19.7 Å². The first kappa shape index (κ1) is 18.9. The number of esters is 1. The fourth-order valence-electron chi connectivity index (χ4n) is 2.58. The number of benzene rings is 1. The third-order valence-corrected chi connectivity index (χ3v) is 4.07. The Hall–Kier alpha value is -2.41. The highest BCUT2D eigenvalue weighted by molar-refractivity contribution is 5.99. The van der Waals surface area contributed by atoms with Crippen molar-refractivity contribution in [2.24, 2.45) is 5.92 Å². The Kier molecular flexibility index (Phi) is 6.52. The number of ether oxygens (including phenoxy) is 2. The predicted octanol–water partition coefficient (Wildman–Crippen LogP) is 1.04. The van der Waals surface area contributed by atoms with Crippen LogP contribution in [0, 0.1) is 12.8 Å². The number of aryl methyl sites for hydroxylation is 1. The summed E-state index contributed by atoms with van der Waals surface area (Å²) in [7, 11) is 1.53. The molecule has 136 valence electrons. The first-order valence-corrected chi connectivity index (χ1v) is 8.26. The molecule has 1 saturated heterocycles. The van der Waals surface area contributed by atoms with E-state index in [-0.39, 0.29) is 24.8 Å². The maximum atomic E-state index is 12.3. The molecule has 0 unspecified atom stereocenters. The van der Waals surface area contributed by atoms with E-state index in [0.29, 0.717) is 13.2 Å². The van der Waals surface area contributed by atoms with Crippen molar-refractivity contribution in [2.75, 3.05) is 31.7 Å². The highest BCUT2D eigenvalue weighted by Crippen LogP contribution is 2.26. The van der Waals surface area contributed by atoms with Crippen molar-refractivity contribution in [2.45, 2.75) is 26.4 Å². The molecule has 0 radical (unpaired) electrons. The lowest BCUT2D eigenvalue weighted by Gasteiger charge is -2.18. The molecule has 1 aromatic rings. The molecule has 0 bridgehead atoms. The molecule has 7 heteroatoms. The SMILES string of the molecule is COCCNC(=O)[C@H](C)OC(=O)[C@H]1CC(=O)N(c2ccc(C)cc2)C1. The quantitative estimate of drug-likeness (QED) is 0.588. The van der Waals surface area contributed by atoms with Crippen molar-refractivity contribution >= 4 is 23.5 Å². The van der Waals surface area contributed by atoms with E-state index in [1.54, 1.807) is 4.90 Å². The van der Waals surface area contributed by atoms with Crippen LogP contribution in [-0.4, -0.2) is 50.7 Å². The maximum Gasteiger partial charge on any atom is 0.312 e. The topological polar surface area (TPSA) is 84.9 Å². The second-order valence-corrected chi connectivity index (χ2v) is 6.10. The third-order valence-electron chi connectivity index (χ3n) is 4.07. The monoisotopic (exact) mass is 348 g/mol. The number of carbonyl (C=O) groups is 3. The zero-order valence-electron chi connectivity index (χ0n) is 14.8. The van der Waals surface area contributed by atoms with Crippen molar-refractivity contribution < 1.29 is 23.9 Å². The first-order valence-electron chi connectivity index (χ1n) is 8.26. The molecule has 25 heavy (non-hydrogen) atoms. The smallest absolute Gasteiger partial charge is 0.312 e. The summed E-state index contributed by atoms with van der Waals surface area (Å²) in [5, 5.41) is 2.61. The second kappa shape index (κ2) is 8.62. The van der Waals surface area contributed by atoms with Gasteiger partial charge in [-0.3, -0.25) is 14.4 Å². The van der Waals surface area contributed by atoms with E-state index in [4.69, 9.17) is 9.47 Å². The number of nitrogens with zero attached hydrogens (tertiary/aromatic N) is 1. The number of hydrogen-bond acceptors (Lipinski definition) is 5. The molecule has 7 nitrogen and oxygen atoms in total. The minimum atomic E-state index is -0.909. The van der Waals surface area contributed by atoms with Gasteiger partial charge in [-0.1, -0.05) is 17.7 Å². The summed E-state index contributed by atoms with van der Waals surface area (Å²) >= 11 is 0. The number of nitrogens with one attached hydrogen (secondary N) is 1. The number of amides is 2. The molecule has 1 heterocycles. The Morgan fingerprint density at radius 3 is 2.64 bits per heavy atom. The lowest BCUT2D eigenvalue weighted by Crippen LogP contribution is -2.38. The Labute approximate surface area is 147 Å². The van der Waals surface area contributed by atoms with Gasteiger partial charge in [-0.25, -0.2) is 0 Å². The van der Waals surface area contributed by atoms with Crippen LogP contribution in [0.15, 0.2) is 24.3 Å². The minimum absolute atomic E-state index is 0.0880. The van der Waals surface area contributed by atoms with Crippen LogP contribution in [-0.2, 0) is 23.9 Å². The molecule has 1 aliphatic heterocycles. The number of hydrogen-bond donors (Lipinski definition) is 1. The highest BCUT2D eigenvalue weighted by atomic mass is 16.5. The van der Waals surface area contributed by atoms with Crippen LogP contribution >= 0.6 is 0 Å². The van der Waals surface area contributed by atoms with E-state index in [1.165, 1.54) is 14.0 Å². The van der Waals surface area contributed by atoms with Crippen LogP contribution in [0.1, 0.15) is 18.9 Å². The van der Waals surface area contributed by atoms with Crippen LogP contribution in [0.2, 0.25) is 0 Å². The van der Waals surface area contributed by atoms with Gasteiger partial charge in [0.25, 0.3) is 5.91 Å². The van der Waals surface area contributed by atoms with Crippen LogP contribution in [0.5, 0.6) is 0 Å². The summed E-state index contributed by atoms with van der Waals surface area (Å²) in [5.41, 5.74) is 1.86. The second-order valence-electron chi connectivity index (χ2n) is 6.10. The lowest BCUT2D eigenvalue weighted by molar-refractivity contribution is -0.158. The van der Waals surface area contributed by atoms with Crippen LogP contribution in [0.25, 0.3) is 0 Å². The average molecular weight is 348 g/mol. The van der Waals surface area contributed by atoms with Gasteiger partial charge in [-0.05, 0) is 26.0 Å². The average Bonchev–Trinajstić information content (AvgIpc) is 2.97. The lowest BCUT2D eigenvalue weighted by atomic mass is 10.1. The molecule has 2 amide bonds. The number of rotatable bonds is 7. The Morgan fingerprint density at radius 1 is 1.32 bits per heavy atom. The van der Waals surface area contributed by atoms with Crippen molar-refractivity contribution in [1.29, 1.82) is 0 Å². The molecule has 0 saturated carbocycles. The van der Waals surface area contributed by atoms with Crippen molar-refractivity contribution in [3.8, 4) is 0 Å². The third kappa shape index (κ3) is 5.03. The molecule has 1 aromatic carbocycles. The van der Waals surface area contributed by atoms with Crippen LogP contribution < -0.4 is 10.2 Å². The molecule has 0 aliphatic carbocycles. The Bertz CT molecular complexity index is 629. The normalized spacial score (nSPS) is 18.1. The molecule has 0 aromatic heterocycles. The number of anilines is 1. The van der Waals surface area contributed by atoms with Gasteiger partial charge in [0, 0.05) is 32.3 Å². The maximum absolute atomic E-state index is 12.3. The first-order chi connectivity index (χ1) is 11.9. The standard InChI is InChI=1S/C18H24N2O5/c1-12-4-6-15(7-5-12)20-11-14(10-16(20)21)18(23)25-13(2)17(22)19-8-9-24-3/h4-7,13-14H,8-11H2,1-3H3,(H,19,22)/t13-,14-/m0/s1. The summed E-state index contributed by atoms with van der Waals surface area (Å²) in [6.07, 6.45) is -0.821. The molecule has 0 spiro atoms. The summed E-state index contributed by atoms with van der Waals surface area (Å²) < 4.78 is 10.0. The molecular weight excluding hydrogens is 324 g/mol. The summed E-state index contributed by atoms with van der Waals surface area (Å²) in [4.78, 5) is 37.9. The predicted molar refractivity (Wildman–Crippen MR) is 92.1 cm³/mol. The number of methoxy groups -OCH3 is 1.